The van der Waals surface area contributed by atoms with Crippen molar-refractivity contribution < 1.29 is 14.4 Å². The molecule has 2 aromatic rings. The summed E-state index contributed by atoms with van der Waals surface area (Å²) < 4.78 is 0. The Hall–Kier alpha value is -2.54. The first-order valence-corrected chi connectivity index (χ1v) is 10.5. The van der Waals surface area contributed by atoms with Gasteiger partial charge < -0.3 is 10.2 Å². The summed E-state index contributed by atoms with van der Waals surface area (Å²) in [5.74, 6) is -0.573. The van der Waals surface area contributed by atoms with Crippen LogP contribution in [0.4, 0.5) is 5.13 Å². The van der Waals surface area contributed by atoms with Gasteiger partial charge in [-0.1, -0.05) is 54.5 Å². The van der Waals surface area contributed by atoms with Gasteiger partial charge in [-0.15, -0.1) is 0 Å². The zero-order chi connectivity index (χ0) is 19.7. The normalized spacial score (nSPS) is 20.0. The second-order valence-corrected chi connectivity index (χ2v) is 8.49. The van der Waals surface area contributed by atoms with Crippen LogP contribution in [0.5, 0.6) is 0 Å². The van der Waals surface area contributed by atoms with Crippen molar-refractivity contribution in [1.29, 1.82) is 0 Å². The van der Waals surface area contributed by atoms with Gasteiger partial charge in [0.15, 0.2) is 10.9 Å². The number of hydrogen-bond donors (Lipinski definition) is 1. The molecule has 1 aromatic carbocycles. The molecule has 1 aliphatic carbocycles. The van der Waals surface area contributed by atoms with Gasteiger partial charge in [0, 0.05) is 31.5 Å². The summed E-state index contributed by atoms with van der Waals surface area (Å²) in [6.07, 6.45) is 4.63. The van der Waals surface area contributed by atoms with Gasteiger partial charge in [0.25, 0.3) is 0 Å². The molecule has 1 atom stereocenters. The van der Waals surface area contributed by atoms with Crippen LogP contribution in [0.2, 0.25) is 0 Å². The fourth-order valence-electron chi connectivity index (χ4n) is 4.09. The zero-order valence-corrected chi connectivity index (χ0v) is 16.6. The number of amides is 2. The van der Waals surface area contributed by atoms with Crippen LogP contribution in [0.3, 0.4) is 0 Å². The number of carbonyl (C=O) groups is 3. The van der Waals surface area contributed by atoms with E-state index in [4.69, 9.17) is 0 Å². The lowest BCUT2D eigenvalue weighted by Crippen LogP contribution is -2.35. The molecule has 1 saturated heterocycles. The molecule has 2 heterocycles. The Labute approximate surface area is 168 Å². The number of carbonyl (C=O) groups excluding carboxylic acids is 3. The Kier molecular flexibility index (Phi) is 5.26. The van der Waals surface area contributed by atoms with Crippen molar-refractivity contribution in [2.45, 2.75) is 45.1 Å². The molecule has 2 amide bonds. The van der Waals surface area contributed by atoms with Gasteiger partial charge in [0.05, 0.1) is 16.5 Å². The molecule has 1 aliphatic heterocycles. The van der Waals surface area contributed by atoms with Gasteiger partial charge in [-0.05, 0) is 12.8 Å². The molecule has 146 valence electrons. The summed E-state index contributed by atoms with van der Waals surface area (Å²) in [6, 6.07) is 9.75. The van der Waals surface area contributed by atoms with Crippen LogP contribution in [-0.4, -0.2) is 40.1 Å². The van der Waals surface area contributed by atoms with E-state index in [9.17, 15) is 14.4 Å². The third kappa shape index (κ3) is 3.71. The number of aromatic nitrogens is 1. The standard InChI is InChI=1S/C21H23N3O3S/c1-13(25)19-18(14-7-3-2-4-8-14)22-21(28-19)23-20(27)15-11-17(26)24(12-15)16-9-5-6-10-16/h2-4,7-8,15-16H,5-6,9-12H2,1H3,(H,22,23,27)/t15-/m0/s1. The van der Waals surface area contributed by atoms with E-state index in [1.807, 2.05) is 35.2 Å². The predicted molar refractivity (Wildman–Crippen MR) is 108 cm³/mol. The molecule has 7 heteroatoms. The third-order valence-corrected chi connectivity index (χ3v) is 6.59. The van der Waals surface area contributed by atoms with E-state index in [0.29, 0.717) is 28.3 Å². The summed E-state index contributed by atoms with van der Waals surface area (Å²) in [5, 5.41) is 3.24. The lowest BCUT2D eigenvalue weighted by molar-refractivity contribution is -0.129. The number of benzene rings is 1. The number of nitrogens with zero attached hydrogens (tertiary/aromatic N) is 2. The van der Waals surface area contributed by atoms with Crippen molar-refractivity contribution in [2.75, 3.05) is 11.9 Å². The molecular formula is C21H23N3O3S. The predicted octanol–water partition coefficient (Wildman–Crippen LogP) is 3.74. The maximum absolute atomic E-state index is 12.7. The van der Waals surface area contributed by atoms with Crippen molar-refractivity contribution in [3.05, 3.63) is 35.2 Å². The maximum Gasteiger partial charge on any atom is 0.231 e. The molecule has 0 radical (unpaired) electrons. The smallest absolute Gasteiger partial charge is 0.231 e. The average molecular weight is 398 g/mol. The molecule has 2 aliphatic rings. The first kappa shape index (κ1) is 18.8. The number of ketones is 1. The Bertz CT molecular complexity index is 903. The minimum absolute atomic E-state index is 0.0700. The molecule has 0 spiro atoms. The van der Waals surface area contributed by atoms with E-state index in [-0.39, 0.29) is 29.9 Å². The highest BCUT2D eigenvalue weighted by molar-refractivity contribution is 7.18. The maximum atomic E-state index is 12.7. The second kappa shape index (κ2) is 7.83. The van der Waals surface area contributed by atoms with Crippen molar-refractivity contribution in [2.24, 2.45) is 5.92 Å². The second-order valence-electron chi connectivity index (χ2n) is 7.49. The SMILES string of the molecule is CC(=O)c1sc(NC(=O)[C@H]2CC(=O)N(C3CCCC3)C2)nc1-c1ccccc1. The highest BCUT2D eigenvalue weighted by Gasteiger charge is 2.38. The molecule has 1 saturated carbocycles. The monoisotopic (exact) mass is 397 g/mol. The molecule has 0 unspecified atom stereocenters. The number of hydrogen-bond acceptors (Lipinski definition) is 5. The summed E-state index contributed by atoms with van der Waals surface area (Å²) in [4.78, 5) is 44.0. The van der Waals surface area contributed by atoms with E-state index in [1.165, 1.54) is 18.3 Å². The lowest BCUT2D eigenvalue weighted by atomic mass is 10.1. The zero-order valence-electron chi connectivity index (χ0n) is 15.8. The van der Waals surface area contributed by atoms with Crippen LogP contribution in [0.15, 0.2) is 30.3 Å². The van der Waals surface area contributed by atoms with E-state index in [2.05, 4.69) is 10.3 Å². The largest absolute Gasteiger partial charge is 0.339 e. The Balaban J connectivity index is 1.49. The minimum Gasteiger partial charge on any atom is -0.339 e. The number of rotatable bonds is 5. The van der Waals surface area contributed by atoms with Crippen LogP contribution in [0, 0.1) is 5.92 Å². The molecule has 2 fully saturated rings. The topological polar surface area (TPSA) is 79.4 Å². The van der Waals surface area contributed by atoms with Crippen molar-refractivity contribution in [3.63, 3.8) is 0 Å². The fraction of sp³-hybridized carbons (Fsp3) is 0.429. The van der Waals surface area contributed by atoms with Crippen LogP contribution >= 0.6 is 11.3 Å². The summed E-state index contributed by atoms with van der Waals surface area (Å²) in [7, 11) is 0. The molecule has 28 heavy (non-hydrogen) atoms. The lowest BCUT2D eigenvalue weighted by Gasteiger charge is -2.23. The van der Waals surface area contributed by atoms with Crippen LogP contribution in [0.25, 0.3) is 11.3 Å². The number of anilines is 1. The highest BCUT2D eigenvalue weighted by atomic mass is 32.1. The Morgan fingerprint density at radius 1 is 1.18 bits per heavy atom. The summed E-state index contributed by atoms with van der Waals surface area (Å²) >= 11 is 1.19. The first-order valence-electron chi connectivity index (χ1n) is 9.70. The average Bonchev–Trinajstić information content (AvgIpc) is 3.41. The molecular weight excluding hydrogens is 374 g/mol. The van der Waals surface area contributed by atoms with Crippen LogP contribution in [-0.2, 0) is 9.59 Å². The summed E-state index contributed by atoms with van der Waals surface area (Å²) in [5.41, 5.74) is 1.43. The van der Waals surface area contributed by atoms with Gasteiger partial charge in [0.2, 0.25) is 11.8 Å². The molecule has 0 bridgehead atoms. The van der Waals surface area contributed by atoms with Gasteiger partial charge >= 0.3 is 0 Å². The van der Waals surface area contributed by atoms with Crippen LogP contribution < -0.4 is 5.32 Å². The van der Waals surface area contributed by atoms with E-state index < -0.39 is 0 Å². The van der Waals surface area contributed by atoms with Gasteiger partial charge in [0.1, 0.15) is 0 Å². The Morgan fingerprint density at radius 2 is 1.89 bits per heavy atom. The third-order valence-electron chi connectivity index (χ3n) is 5.52. The number of thiazole rings is 1. The quantitative estimate of drug-likeness (QED) is 0.780. The van der Waals surface area contributed by atoms with E-state index in [1.54, 1.807) is 0 Å². The van der Waals surface area contributed by atoms with Crippen molar-refractivity contribution in [3.8, 4) is 11.3 Å². The highest BCUT2D eigenvalue weighted by Crippen LogP contribution is 2.33. The Morgan fingerprint density at radius 3 is 2.57 bits per heavy atom. The van der Waals surface area contributed by atoms with Crippen LogP contribution in [0.1, 0.15) is 48.7 Å². The minimum atomic E-state index is -0.363. The van der Waals surface area contributed by atoms with Crippen molar-refractivity contribution in [1.82, 2.24) is 9.88 Å². The van der Waals surface area contributed by atoms with E-state index in [0.717, 1.165) is 31.2 Å². The number of likely N-dealkylation sites (tertiary alicyclic amines) is 1. The van der Waals surface area contributed by atoms with Crippen molar-refractivity contribution >= 4 is 34.1 Å². The first-order chi connectivity index (χ1) is 13.5. The van der Waals surface area contributed by atoms with Gasteiger partial charge in [-0.3, -0.25) is 14.4 Å². The van der Waals surface area contributed by atoms with Gasteiger partial charge in [-0.2, -0.15) is 0 Å². The number of nitrogens with one attached hydrogen (secondary N) is 1. The summed E-state index contributed by atoms with van der Waals surface area (Å²) in [6.45, 7) is 1.98. The van der Waals surface area contributed by atoms with Gasteiger partial charge in [-0.25, -0.2) is 4.98 Å². The number of Topliss-reactive ketones (excluding diaryl/α,β-unsaturated/α-hetero) is 1. The molecule has 1 N–H and O–H groups in total. The fourth-order valence-corrected chi connectivity index (χ4v) is 4.97. The molecule has 4 rings (SSSR count). The molecule has 1 aromatic heterocycles. The molecule has 6 nitrogen and oxygen atoms in total. The van der Waals surface area contributed by atoms with E-state index >= 15 is 0 Å².